The summed E-state index contributed by atoms with van der Waals surface area (Å²) in [7, 11) is 0. The monoisotopic (exact) mass is 388 g/mol. The van der Waals surface area contributed by atoms with Gasteiger partial charge in [0.1, 0.15) is 0 Å². The molecule has 0 amide bonds. The number of anilines is 1. The summed E-state index contributed by atoms with van der Waals surface area (Å²) in [5.41, 5.74) is 9.46. The van der Waals surface area contributed by atoms with Crippen LogP contribution in [0.2, 0.25) is 0 Å². The minimum absolute atomic E-state index is 0.0909. The number of aromatic amines is 1. The fraction of sp³-hybridized carbons (Fsp3) is 0.579. The standard InChI is InChI=1S/C19H28N6O3/c1-2-27-9-3-4-24-16-13-17-15(12-14(16)21-18(24)20)22-19(26)25(17)6-5-23-7-10-28-11-8-23/h12-13H,2-11H2,1H3,(H2,20,21)(H,22,26). The van der Waals surface area contributed by atoms with Crippen molar-refractivity contribution < 1.29 is 9.47 Å². The van der Waals surface area contributed by atoms with Gasteiger partial charge in [-0.15, -0.1) is 0 Å². The van der Waals surface area contributed by atoms with Gasteiger partial charge in [0, 0.05) is 45.9 Å². The van der Waals surface area contributed by atoms with Crippen molar-refractivity contribution in [2.24, 2.45) is 0 Å². The van der Waals surface area contributed by atoms with Crippen molar-refractivity contribution >= 4 is 28.0 Å². The molecule has 4 rings (SSSR count). The van der Waals surface area contributed by atoms with Gasteiger partial charge in [-0.05, 0) is 25.5 Å². The number of ether oxygens (including phenoxy) is 2. The Kier molecular flexibility index (Phi) is 5.65. The SMILES string of the molecule is CCOCCCn1c(N)nc2cc3[nH]c(=O)n(CCN4CCOCC4)c3cc21. The first-order valence-corrected chi connectivity index (χ1v) is 9.93. The Balaban J connectivity index is 1.62. The maximum atomic E-state index is 12.5. The average Bonchev–Trinajstić information content (AvgIpc) is 3.17. The van der Waals surface area contributed by atoms with Crippen molar-refractivity contribution in [2.75, 3.05) is 51.8 Å². The molecular formula is C19H28N6O3. The number of hydrogen-bond donors (Lipinski definition) is 2. The van der Waals surface area contributed by atoms with E-state index in [1.54, 1.807) is 4.57 Å². The van der Waals surface area contributed by atoms with Crippen LogP contribution in [-0.4, -0.2) is 70.1 Å². The molecule has 1 aliphatic heterocycles. The fourth-order valence-corrected chi connectivity index (χ4v) is 3.79. The summed E-state index contributed by atoms with van der Waals surface area (Å²) >= 11 is 0. The van der Waals surface area contributed by atoms with Crippen LogP contribution in [0.25, 0.3) is 22.1 Å². The van der Waals surface area contributed by atoms with Crippen LogP contribution in [0.1, 0.15) is 13.3 Å². The van der Waals surface area contributed by atoms with E-state index in [1.807, 2.05) is 23.6 Å². The number of rotatable bonds is 8. The molecule has 3 N–H and O–H groups in total. The number of H-pyrrole nitrogens is 1. The molecule has 9 nitrogen and oxygen atoms in total. The minimum Gasteiger partial charge on any atom is -0.382 e. The van der Waals surface area contributed by atoms with Gasteiger partial charge in [-0.3, -0.25) is 9.47 Å². The molecular weight excluding hydrogens is 360 g/mol. The molecule has 0 unspecified atom stereocenters. The number of benzene rings is 1. The topological polar surface area (TPSA) is 103 Å². The average molecular weight is 388 g/mol. The Morgan fingerprint density at radius 1 is 1.18 bits per heavy atom. The third-order valence-corrected chi connectivity index (χ3v) is 5.29. The molecule has 0 bridgehead atoms. The quantitative estimate of drug-likeness (QED) is 0.559. The number of nitrogens with two attached hydrogens (primary N) is 1. The molecule has 28 heavy (non-hydrogen) atoms. The maximum Gasteiger partial charge on any atom is 0.326 e. The molecule has 1 fully saturated rings. The van der Waals surface area contributed by atoms with Gasteiger partial charge in [0.2, 0.25) is 5.95 Å². The molecule has 0 atom stereocenters. The Labute approximate surface area is 163 Å². The zero-order chi connectivity index (χ0) is 19.5. The lowest BCUT2D eigenvalue weighted by molar-refractivity contribution is 0.0364. The van der Waals surface area contributed by atoms with Crippen molar-refractivity contribution in [3.63, 3.8) is 0 Å². The molecule has 0 radical (unpaired) electrons. The lowest BCUT2D eigenvalue weighted by atomic mass is 10.2. The third kappa shape index (κ3) is 3.78. The van der Waals surface area contributed by atoms with E-state index in [4.69, 9.17) is 15.2 Å². The number of nitrogens with zero attached hydrogens (tertiary/aromatic N) is 4. The van der Waals surface area contributed by atoms with Gasteiger partial charge in [-0.25, -0.2) is 9.78 Å². The highest BCUT2D eigenvalue weighted by molar-refractivity contribution is 5.92. The molecule has 0 aliphatic carbocycles. The smallest absolute Gasteiger partial charge is 0.326 e. The fourth-order valence-electron chi connectivity index (χ4n) is 3.79. The first-order valence-electron chi connectivity index (χ1n) is 9.93. The Hall–Kier alpha value is -2.36. The number of imidazole rings is 2. The van der Waals surface area contributed by atoms with Crippen LogP contribution < -0.4 is 11.4 Å². The zero-order valence-electron chi connectivity index (χ0n) is 16.3. The molecule has 3 heterocycles. The lowest BCUT2D eigenvalue weighted by Crippen LogP contribution is -2.39. The normalized spacial score (nSPS) is 15.8. The predicted molar refractivity (Wildman–Crippen MR) is 109 cm³/mol. The van der Waals surface area contributed by atoms with Crippen LogP contribution in [0, 0.1) is 0 Å². The number of aromatic nitrogens is 4. The highest BCUT2D eigenvalue weighted by Crippen LogP contribution is 2.23. The Morgan fingerprint density at radius 2 is 2.00 bits per heavy atom. The van der Waals surface area contributed by atoms with E-state index in [-0.39, 0.29) is 5.69 Å². The van der Waals surface area contributed by atoms with Crippen molar-refractivity contribution in [2.45, 2.75) is 26.4 Å². The van der Waals surface area contributed by atoms with Gasteiger partial charge in [0.15, 0.2) is 0 Å². The number of nitrogen functional groups attached to an aromatic ring is 1. The molecule has 3 aromatic rings. The number of fused-ring (bicyclic) bond motifs is 2. The second-order valence-corrected chi connectivity index (χ2v) is 7.07. The van der Waals surface area contributed by atoms with E-state index in [0.29, 0.717) is 25.7 Å². The maximum absolute atomic E-state index is 12.5. The second kappa shape index (κ2) is 8.34. The van der Waals surface area contributed by atoms with Gasteiger partial charge < -0.3 is 24.8 Å². The zero-order valence-corrected chi connectivity index (χ0v) is 16.3. The highest BCUT2D eigenvalue weighted by Gasteiger charge is 2.15. The van der Waals surface area contributed by atoms with E-state index >= 15 is 0 Å². The van der Waals surface area contributed by atoms with E-state index in [1.165, 1.54) is 0 Å². The van der Waals surface area contributed by atoms with Crippen LogP contribution in [0.5, 0.6) is 0 Å². The van der Waals surface area contributed by atoms with E-state index in [2.05, 4.69) is 14.9 Å². The van der Waals surface area contributed by atoms with E-state index in [0.717, 1.165) is 67.9 Å². The number of morpholine rings is 1. The number of nitrogens with one attached hydrogen (secondary N) is 1. The van der Waals surface area contributed by atoms with Crippen molar-refractivity contribution in [3.8, 4) is 0 Å². The van der Waals surface area contributed by atoms with Gasteiger partial charge in [0.05, 0.1) is 35.3 Å². The van der Waals surface area contributed by atoms with E-state index in [9.17, 15) is 4.79 Å². The molecule has 1 saturated heterocycles. The highest BCUT2D eigenvalue weighted by atomic mass is 16.5. The van der Waals surface area contributed by atoms with Crippen molar-refractivity contribution in [3.05, 3.63) is 22.6 Å². The van der Waals surface area contributed by atoms with Crippen LogP contribution in [0.3, 0.4) is 0 Å². The minimum atomic E-state index is -0.0909. The molecule has 9 heteroatoms. The Morgan fingerprint density at radius 3 is 2.79 bits per heavy atom. The van der Waals surface area contributed by atoms with Crippen LogP contribution in [0.15, 0.2) is 16.9 Å². The van der Waals surface area contributed by atoms with Crippen molar-refractivity contribution in [1.82, 2.24) is 24.0 Å². The Bertz CT molecular complexity index is 999. The number of aryl methyl sites for hydroxylation is 1. The van der Waals surface area contributed by atoms with Gasteiger partial charge in [-0.1, -0.05) is 0 Å². The predicted octanol–water partition coefficient (Wildman–Crippen LogP) is 1.02. The summed E-state index contributed by atoms with van der Waals surface area (Å²) in [6.45, 7) is 8.90. The second-order valence-electron chi connectivity index (χ2n) is 7.07. The van der Waals surface area contributed by atoms with Gasteiger partial charge >= 0.3 is 5.69 Å². The summed E-state index contributed by atoms with van der Waals surface area (Å²) in [6, 6.07) is 3.93. The summed E-state index contributed by atoms with van der Waals surface area (Å²) in [6.07, 6.45) is 0.860. The summed E-state index contributed by atoms with van der Waals surface area (Å²) in [5.74, 6) is 0.487. The summed E-state index contributed by atoms with van der Waals surface area (Å²) in [5, 5.41) is 0. The van der Waals surface area contributed by atoms with Gasteiger partial charge in [0.25, 0.3) is 0 Å². The van der Waals surface area contributed by atoms with Gasteiger partial charge in [-0.2, -0.15) is 0 Å². The van der Waals surface area contributed by atoms with Crippen molar-refractivity contribution in [1.29, 1.82) is 0 Å². The molecule has 152 valence electrons. The first-order chi connectivity index (χ1) is 13.7. The van der Waals surface area contributed by atoms with E-state index < -0.39 is 0 Å². The number of hydrogen-bond acceptors (Lipinski definition) is 6. The summed E-state index contributed by atoms with van der Waals surface area (Å²) < 4.78 is 14.6. The van der Waals surface area contributed by atoms with Crippen LogP contribution in [0.4, 0.5) is 5.95 Å². The molecule has 0 saturated carbocycles. The molecule has 2 aromatic heterocycles. The third-order valence-electron chi connectivity index (χ3n) is 5.29. The largest absolute Gasteiger partial charge is 0.382 e. The van der Waals surface area contributed by atoms with Crippen LogP contribution in [-0.2, 0) is 22.6 Å². The molecule has 1 aliphatic rings. The lowest BCUT2D eigenvalue weighted by Gasteiger charge is -2.26. The molecule has 0 spiro atoms. The summed E-state index contributed by atoms with van der Waals surface area (Å²) in [4.78, 5) is 22.2. The molecule has 1 aromatic carbocycles. The van der Waals surface area contributed by atoms with Crippen LogP contribution >= 0.6 is 0 Å². The first kappa shape index (κ1) is 19.0.